The van der Waals surface area contributed by atoms with Gasteiger partial charge in [-0.2, -0.15) is 13.2 Å². The molecule has 0 bridgehead atoms. The van der Waals surface area contributed by atoms with E-state index in [2.05, 4.69) is 0 Å². The van der Waals surface area contributed by atoms with E-state index in [9.17, 15) is 18.0 Å². The Balaban J connectivity index is 2.80. The first kappa shape index (κ1) is 13.6. The van der Waals surface area contributed by atoms with Crippen LogP contribution < -0.4 is 0 Å². The van der Waals surface area contributed by atoms with Crippen LogP contribution in [0.15, 0.2) is 0 Å². The number of carbonyl (C=O) groups excluding carboxylic acids is 1. The van der Waals surface area contributed by atoms with E-state index in [0.29, 0.717) is 0 Å². The van der Waals surface area contributed by atoms with Crippen molar-refractivity contribution in [1.82, 2.24) is 4.90 Å². The van der Waals surface area contributed by atoms with Crippen molar-refractivity contribution >= 4 is 17.5 Å². The van der Waals surface area contributed by atoms with Crippen LogP contribution in [0, 0.1) is 0 Å². The molecule has 0 aromatic carbocycles. The van der Waals surface area contributed by atoms with Crippen molar-refractivity contribution in [3.63, 3.8) is 0 Å². The molecule has 3 nitrogen and oxygen atoms in total. The van der Waals surface area contributed by atoms with Crippen LogP contribution in [0.4, 0.5) is 13.2 Å². The van der Waals surface area contributed by atoms with Crippen molar-refractivity contribution in [3.05, 3.63) is 0 Å². The molecule has 1 saturated heterocycles. The van der Waals surface area contributed by atoms with Crippen molar-refractivity contribution in [3.8, 4) is 0 Å². The average molecular weight is 260 g/mol. The molecule has 0 saturated carbocycles. The van der Waals surface area contributed by atoms with Crippen LogP contribution >= 0.6 is 11.6 Å². The zero-order chi connectivity index (χ0) is 12.4. The molecule has 1 aliphatic heterocycles. The van der Waals surface area contributed by atoms with Gasteiger partial charge in [-0.1, -0.05) is 0 Å². The van der Waals surface area contributed by atoms with E-state index in [1.165, 1.54) is 6.92 Å². The number of hydrogen-bond acceptors (Lipinski definition) is 2. The lowest BCUT2D eigenvalue weighted by molar-refractivity contribution is -0.270. The summed E-state index contributed by atoms with van der Waals surface area (Å²) in [6, 6.07) is 0. The minimum absolute atomic E-state index is 0.0328. The number of hydrogen-bond donors (Lipinski definition) is 0. The smallest absolute Gasteiger partial charge is 0.364 e. The molecule has 16 heavy (non-hydrogen) atoms. The maximum absolute atomic E-state index is 12.8. The van der Waals surface area contributed by atoms with E-state index in [1.807, 2.05) is 0 Å². The van der Waals surface area contributed by atoms with Gasteiger partial charge in [-0.05, 0) is 6.92 Å². The molecule has 1 heterocycles. The lowest BCUT2D eigenvalue weighted by atomic mass is 10.0. The standard InChI is InChI=1S/C9H13ClF3NO2/c1-2-16-8(9(11,12)13)3-4-14(6-8)7(15)5-10/h2-6H2,1H3/t8-/m0/s1. The fourth-order valence-corrected chi connectivity index (χ4v) is 1.96. The summed E-state index contributed by atoms with van der Waals surface area (Å²) in [5.41, 5.74) is -2.22. The Labute approximate surface area is 96.5 Å². The van der Waals surface area contributed by atoms with Crippen molar-refractivity contribution in [2.75, 3.05) is 25.6 Å². The largest absolute Gasteiger partial charge is 0.419 e. The van der Waals surface area contributed by atoms with Crippen LogP contribution in [0.1, 0.15) is 13.3 Å². The van der Waals surface area contributed by atoms with Crippen LogP contribution in [0.25, 0.3) is 0 Å². The van der Waals surface area contributed by atoms with Gasteiger partial charge in [-0.15, -0.1) is 11.6 Å². The molecule has 94 valence electrons. The Morgan fingerprint density at radius 3 is 2.62 bits per heavy atom. The average Bonchev–Trinajstić information content (AvgIpc) is 2.62. The number of alkyl halides is 4. The third-order valence-electron chi connectivity index (χ3n) is 2.64. The third kappa shape index (κ3) is 2.43. The van der Waals surface area contributed by atoms with Crippen molar-refractivity contribution in [1.29, 1.82) is 0 Å². The Morgan fingerprint density at radius 2 is 2.19 bits per heavy atom. The maximum atomic E-state index is 12.8. The van der Waals surface area contributed by atoms with Crippen LogP contribution in [0.3, 0.4) is 0 Å². The second kappa shape index (κ2) is 4.79. The molecule has 0 aromatic rings. The normalized spacial score (nSPS) is 26.2. The van der Waals surface area contributed by atoms with E-state index in [-0.39, 0.29) is 25.5 Å². The summed E-state index contributed by atoms with van der Waals surface area (Å²) in [7, 11) is 0. The molecule has 1 aliphatic rings. The van der Waals surface area contributed by atoms with Gasteiger partial charge in [0.05, 0.1) is 6.54 Å². The van der Waals surface area contributed by atoms with E-state index < -0.39 is 24.2 Å². The van der Waals surface area contributed by atoms with Crippen LogP contribution in [-0.4, -0.2) is 48.2 Å². The second-order valence-electron chi connectivity index (χ2n) is 3.62. The van der Waals surface area contributed by atoms with Gasteiger partial charge in [0.25, 0.3) is 0 Å². The Bertz CT molecular complexity index is 272. The summed E-state index contributed by atoms with van der Waals surface area (Å²) in [6.07, 6.45) is -4.70. The molecule has 7 heteroatoms. The Kier molecular flexibility index (Phi) is 4.07. The van der Waals surface area contributed by atoms with Crippen molar-refractivity contribution in [2.45, 2.75) is 25.1 Å². The first-order valence-corrected chi connectivity index (χ1v) is 5.44. The van der Waals surface area contributed by atoms with Gasteiger partial charge in [0.1, 0.15) is 5.88 Å². The predicted molar refractivity (Wildman–Crippen MR) is 52.3 cm³/mol. The summed E-state index contributed by atoms with van der Waals surface area (Å²) < 4.78 is 43.4. The third-order valence-corrected chi connectivity index (χ3v) is 2.86. The van der Waals surface area contributed by atoms with Crippen LogP contribution in [0.2, 0.25) is 0 Å². The number of likely N-dealkylation sites (tertiary alicyclic amines) is 1. The summed E-state index contributed by atoms with van der Waals surface area (Å²) in [6.45, 7) is 1.03. The number of amides is 1. The first-order valence-electron chi connectivity index (χ1n) is 4.90. The van der Waals surface area contributed by atoms with Gasteiger partial charge in [-0.25, -0.2) is 0 Å². The SMILES string of the molecule is CCO[C@@]1(C(F)(F)F)CCN(C(=O)CCl)C1. The van der Waals surface area contributed by atoms with Gasteiger partial charge in [0.2, 0.25) is 5.91 Å². The van der Waals surface area contributed by atoms with Gasteiger partial charge < -0.3 is 9.64 Å². The monoisotopic (exact) mass is 259 g/mol. The highest BCUT2D eigenvalue weighted by molar-refractivity contribution is 6.27. The van der Waals surface area contributed by atoms with Gasteiger partial charge in [0.15, 0.2) is 5.60 Å². The Hall–Kier alpha value is -0.490. The molecule has 0 aliphatic carbocycles. The molecule has 1 atom stereocenters. The van der Waals surface area contributed by atoms with E-state index in [1.54, 1.807) is 0 Å². The second-order valence-corrected chi connectivity index (χ2v) is 3.89. The topological polar surface area (TPSA) is 29.5 Å². The fourth-order valence-electron chi connectivity index (χ4n) is 1.79. The lowest BCUT2D eigenvalue weighted by Crippen LogP contribution is -2.50. The van der Waals surface area contributed by atoms with Crippen molar-refractivity contribution in [2.24, 2.45) is 0 Å². The highest BCUT2D eigenvalue weighted by atomic mass is 35.5. The molecular weight excluding hydrogens is 247 g/mol. The molecular formula is C9H13ClF3NO2. The summed E-state index contributed by atoms with van der Waals surface area (Å²) in [5, 5.41) is 0. The highest BCUT2D eigenvalue weighted by Gasteiger charge is 2.59. The number of ether oxygens (including phenoxy) is 1. The quantitative estimate of drug-likeness (QED) is 0.724. The van der Waals surface area contributed by atoms with E-state index in [0.717, 1.165) is 4.90 Å². The van der Waals surface area contributed by atoms with Gasteiger partial charge >= 0.3 is 6.18 Å². The van der Waals surface area contributed by atoms with Crippen LogP contribution in [-0.2, 0) is 9.53 Å². The minimum atomic E-state index is -4.47. The zero-order valence-corrected chi connectivity index (χ0v) is 9.57. The predicted octanol–water partition coefficient (Wildman–Crippen LogP) is 1.80. The molecule has 0 spiro atoms. The molecule has 1 rings (SSSR count). The molecule has 1 amide bonds. The van der Waals surface area contributed by atoms with E-state index in [4.69, 9.17) is 16.3 Å². The van der Waals surface area contributed by atoms with Gasteiger partial charge in [0, 0.05) is 19.6 Å². The van der Waals surface area contributed by atoms with Crippen LogP contribution in [0.5, 0.6) is 0 Å². The van der Waals surface area contributed by atoms with E-state index >= 15 is 0 Å². The molecule has 0 aromatic heterocycles. The molecule has 1 fully saturated rings. The number of halogens is 4. The first-order chi connectivity index (χ1) is 7.36. The number of rotatable bonds is 3. The molecule has 0 unspecified atom stereocenters. The fraction of sp³-hybridized carbons (Fsp3) is 0.889. The highest BCUT2D eigenvalue weighted by Crippen LogP contribution is 2.40. The summed E-state index contributed by atoms with van der Waals surface area (Å²) in [5.74, 6) is -0.799. The van der Waals surface area contributed by atoms with Gasteiger partial charge in [-0.3, -0.25) is 4.79 Å². The molecule has 0 N–H and O–H groups in total. The lowest BCUT2D eigenvalue weighted by Gasteiger charge is -2.31. The summed E-state index contributed by atoms with van der Waals surface area (Å²) >= 11 is 5.30. The zero-order valence-electron chi connectivity index (χ0n) is 8.81. The Morgan fingerprint density at radius 1 is 1.56 bits per heavy atom. The maximum Gasteiger partial charge on any atom is 0.419 e. The summed E-state index contributed by atoms with van der Waals surface area (Å²) in [4.78, 5) is 12.3. The number of nitrogens with zero attached hydrogens (tertiary/aromatic N) is 1. The molecule has 0 radical (unpaired) electrons. The minimum Gasteiger partial charge on any atom is -0.364 e. The van der Waals surface area contributed by atoms with Crippen molar-refractivity contribution < 1.29 is 22.7 Å². The number of carbonyl (C=O) groups is 1.